The Labute approximate surface area is 153 Å². The van der Waals surface area contributed by atoms with Crippen LogP contribution in [0.2, 0.25) is 0 Å². The molecule has 152 valence electrons. The van der Waals surface area contributed by atoms with Crippen LogP contribution in [0.3, 0.4) is 0 Å². The summed E-state index contributed by atoms with van der Waals surface area (Å²) in [6.45, 7) is 10.8. The van der Waals surface area contributed by atoms with Crippen LogP contribution in [0, 0.1) is 5.82 Å². The second kappa shape index (κ2) is 15.0. The molecule has 0 amide bonds. The van der Waals surface area contributed by atoms with Gasteiger partial charge in [-0.25, -0.2) is 15.3 Å². The number of hydrogen-bond donors (Lipinski definition) is 4. The van der Waals surface area contributed by atoms with Crippen molar-refractivity contribution in [2.75, 3.05) is 25.6 Å². The van der Waals surface area contributed by atoms with E-state index in [1.165, 1.54) is 12.1 Å². The molecule has 0 aromatic carbocycles. The normalized spacial score (nSPS) is 16.6. The number of hydrogen-bond acceptors (Lipinski definition) is 7. The van der Waals surface area contributed by atoms with Gasteiger partial charge in [0.15, 0.2) is 0 Å². The van der Waals surface area contributed by atoms with Gasteiger partial charge < -0.3 is 20.8 Å². The SMILES string of the molecule is CC.CC(C)(C)O.NOC[C@@H]1CCCN1CO.Nc1ccc(F)cn1.[HH].[HH]. The fourth-order valence-electron chi connectivity index (χ4n) is 1.77. The topological polar surface area (TPSA) is 118 Å². The molecule has 1 aliphatic rings. The number of aliphatic hydroxyl groups excluding tert-OH is 1. The fourth-order valence-corrected chi connectivity index (χ4v) is 1.77. The molecule has 2 heterocycles. The van der Waals surface area contributed by atoms with E-state index in [1.54, 1.807) is 20.8 Å². The maximum Gasteiger partial charge on any atom is 0.141 e. The Balaban J connectivity index is -0.000000142. The van der Waals surface area contributed by atoms with Gasteiger partial charge in [0.05, 0.1) is 25.1 Å². The van der Waals surface area contributed by atoms with E-state index in [-0.39, 0.29) is 15.4 Å². The number of halogens is 1. The van der Waals surface area contributed by atoms with Crippen LogP contribution in [0.4, 0.5) is 10.2 Å². The zero-order valence-electron chi connectivity index (χ0n) is 16.1. The van der Waals surface area contributed by atoms with Crippen LogP contribution in [-0.4, -0.2) is 51.6 Å². The van der Waals surface area contributed by atoms with E-state index < -0.39 is 5.60 Å². The van der Waals surface area contributed by atoms with Gasteiger partial charge in [-0.3, -0.25) is 4.90 Å². The van der Waals surface area contributed by atoms with Crippen LogP contribution in [0.5, 0.6) is 0 Å². The van der Waals surface area contributed by atoms with Crippen molar-refractivity contribution < 1.29 is 22.3 Å². The van der Waals surface area contributed by atoms with Gasteiger partial charge in [-0.2, -0.15) is 0 Å². The number of pyridine rings is 1. The number of aromatic nitrogens is 1. The molecule has 0 radical (unpaired) electrons. The van der Waals surface area contributed by atoms with Crippen LogP contribution in [0.25, 0.3) is 0 Å². The van der Waals surface area contributed by atoms with Gasteiger partial charge in [-0.15, -0.1) is 0 Å². The van der Waals surface area contributed by atoms with Crippen molar-refractivity contribution in [1.29, 1.82) is 0 Å². The average molecular weight is 367 g/mol. The molecule has 7 nitrogen and oxygen atoms in total. The molecule has 2 rings (SSSR count). The van der Waals surface area contributed by atoms with Gasteiger partial charge >= 0.3 is 0 Å². The van der Waals surface area contributed by atoms with E-state index in [2.05, 4.69) is 9.82 Å². The molecule has 0 spiro atoms. The second-order valence-corrected chi connectivity index (χ2v) is 6.16. The monoisotopic (exact) mass is 366 g/mol. The van der Waals surface area contributed by atoms with Gasteiger partial charge in [0.1, 0.15) is 11.6 Å². The number of nitrogens with zero attached hydrogens (tertiary/aromatic N) is 2. The Hall–Kier alpha value is -1.32. The minimum absolute atomic E-state index is 0. The average Bonchev–Trinajstić information content (AvgIpc) is 2.99. The highest BCUT2D eigenvalue weighted by molar-refractivity contribution is 5.25. The summed E-state index contributed by atoms with van der Waals surface area (Å²) in [6, 6.07) is 3.01. The maximum atomic E-state index is 12.0. The number of nitrogen functional groups attached to an aromatic ring is 1. The second-order valence-electron chi connectivity index (χ2n) is 6.16. The summed E-state index contributed by atoms with van der Waals surface area (Å²) < 4.78 is 12.0. The maximum absolute atomic E-state index is 12.0. The molecule has 1 saturated heterocycles. The standard InChI is InChI=1S/C6H14N2O2.C5H5FN2.C4H10O.C2H6.2H2/c7-10-4-6-2-1-3-8(6)5-9;6-4-1-2-5(7)8-3-4;1-4(2,3)5;1-2;;/h6,9H,1-5,7H2;1-3H,(H2,7,8);5H,1-3H3;1-2H3;2*1H/t6-;;;;;/m0...../s1. The van der Waals surface area contributed by atoms with Crippen LogP contribution in [0.15, 0.2) is 18.3 Å². The molecule has 1 aliphatic heterocycles. The van der Waals surface area contributed by atoms with Crippen molar-refractivity contribution in [3.8, 4) is 0 Å². The molecule has 25 heavy (non-hydrogen) atoms. The van der Waals surface area contributed by atoms with E-state index in [1.807, 2.05) is 18.7 Å². The van der Waals surface area contributed by atoms with Crippen LogP contribution < -0.4 is 11.6 Å². The Morgan fingerprint density at radius 2 is 1.96 bits per heavy atom. The van der Waals surface area contributed by atoms with E-state index in [0.717, 1.165) is 25.6 Å². The largest absolute Gasteiger partial charge is 0.391 e. The summed E-state index contributed by atoms with van der Waals surface area (Å²) in [5, 5.41) is 17.3. The molecule has 8 heteroatoms. The highest BCUT2D eigenvalue weighted by Gasteiger charge is 2.23. The lowest BCUT2D eigenvalue weighted by atomic mass is 10.2. The Kier molecular flexibility index (Phi) is 15.5. The van der Waals surface area contributed by atoms with Crippen molar-refractivity contribution in [3.63, 3.8) is 0 Å². The highest BCUT2D eigenvalue weighted by atomic mass is 19.1. The van der Waals surface area contributed by atoms with Crippen molar-refractivity contribution >= 4 is 5.82 Å². The number of rotatable bonds is 3. The minimum Gasteiger partial charge on any atom is -0.391 e. The fraction of sp³-hybridized carbons (Fsp3) is 0.706. The molecule has 0 saturated carbocycles. The molecular formula is C17H39FN4O3. The van der Waals surface area contributed by atoms with Gasteiger partial charge in [-0.1, -0.05) is 13.8 Å². The third-order valence-electron chi connectivity index (χ3n) is 2.72. The lowest BCUT2D eigenvalue weighted by Crippen LogP contribution is -2.34. The first kappa shape index (κ1) is 25.9. The summed E-state index contributed by atoms with van der Waals surface area (Å²) >= 11 is 0. The molecule has 1 aromatic heterocycles. The number of likely N-dealkylation sites (tertiary alicyclic amines) is 1. The van der Waals surface area contributed by atoms with Crippen LogP contribution in [0.1, 0.15) is 50.3 Å². The Morgan fingerprint density at radius 3 is 2.32 bits per heavy atom. The van der Waals surface area contributed by atoms with E-state index in [4.69, 9.17) is 21.8 Å². The number of anilines is 1. The molecule has 1 aromatic rings. The molecular weight excluding hydrogens is 327 g/mol. The summed E-state index contributed by atoms with van der Waals surface area (Å²) in [5.74, 6) is 4.89. The third kappa shape index (κ3) is 17.3. The predicted molar refractivity (Wildman–Crippen MR) is 103 cm³/mol. The first-order valence-corrected chi connectivity index (χ1v) is 8.43. The van der Waals surface area contributed by atoms with E-state index in [0.29, 0.717) is 18.5 Å². The lowest BCUT2D eigenvalue weighted by Gasteiger charge is -2.19. The first-order chi connectivity index (χ1) is 11.7. The zero-order valence-corrected chi connectivity index (χ0v) is 16.1. The van der Waals surface area contributed by atoms with Crippen molar-refractivity contribution in [2.45, 2.75) is 59.1 Å². The summed E-state index contributed by atoms with van der Waals surface area (Å²) in [7, 11) is 0. The molecule has 0 bridgehead atoms. The summed E-state index contributed by atoms with van der Waals surface area (Å²) in [5.41, 5.74) is 4.65. The van der Waals surface area contributed by atoms with Gasteiger partial charge in [-0.05, 0) is 45.7 Å². The van der Waals surface area contributed by atoms with Gasteiger partial charge in [0, 0.05) is 15.4 Å². The van der Waals surface area contributed by atoms with E-state index in [9.17, 15) is 4.39 Å². The predicted octanol–water partition coefficient (Wildman–Crippen LogP) is 2.39. The van der Waals surface area contributed by atoms with Gasteiger partial charge in [0.25, 0.3) is 0 Å². The zero-order chi connectivity index (χ0) is 19.9. The highest BCUT2D eigenvalue weighted by Crippen LogP contribution is 2.15. The molecule has 6 N–H and O–H groups in total. The lowest BCUT2D eigenvalue weighted by molar-refractivity contribution is 0.0356. The van der Waals surface area contributed by atoms with Crippen LogP contribution >= 0.6 is 0 Å². The minimum atomic E-state index is -0.500. The first-order valence-electron chi connectivity index (χ1n) is 8.43. The summed E-state index contributed by atoms with van der Waals surface area (Å²) in [4.78, 5) is 9.95. The third-order valence-corrected chi connectivity index (χ3v) is 2.72. The van der Waals surface area contributed by atoms with Crippen molar-refractivity contribution in [3.05, 3.63) is 24.1 Å². The van der Waals surface area contributed by atoms with Crippen LogP contribution in [-0.2, 0) is 4.84 Å². The molecule has 0 aliphatic carbocycles. The molecule has 1 fully saturated rings. The number of nitrogens with two attached hydrogens (primary N) is 2. The number of aliphatic hydroxyl groups is 2. The Morgan fingerprint density at radius 1 is 1.40 bits per heavy atom. The smallest absolute Gasteiger partial charge is 0.141 e. The van der Waals surface area contributed by atoms with Crippen molar-refractivity contribution in [1.82, 2.24) is 9.88 Å². The summed E-state index contributed by atoms with van der Waals surface area (Å²) in [6.07, 6.45) is 3.29. The Bertz CT molecular complexity index is 397. The van der Waals surface area contributed by atoms with Gasteiger partial charge in [0.2, 0.25) is 0 Å². The molecule has 0 unspecified atom stereocenters. The quantitative estimate of drug-likeness (QED) is 0.607. The molecule has 1 atom stereocenters. The van der Waals surface area contributed by atoms with Crippen molar-refractivity contribution in [2.24, 2.45) is 5.90 Å². The van der Waals surface area contributed by atoms with E-state index >= 15 is 0 Å².